The van der Waals surface area contributed by atoms with Gasteiger partial charge in [0.15, 0.2) is 9.84 Å². The second-order valence-corrected chi connectivity index (χ2v) is 6.72. The van der Waals surface area contributed by atoms with Gasteiger partial charge in [-0.05, 0) is 42.5 Å². The molecular weight excluding hydrogens is 307 g/mol. The van der Waals surface area contributed by atoms with Crippen molar-refractivity contribution >= 4 is 27.1 Å². The van der Waals surface area contributed by atoms with Gasteiger partial charge in [0.05, 0.1) is 11.4 Å². The van der Waals surface area contributed by atoms with E-state index in [9.17, 15) is 17.6 Å². The monoisotopic (exact) mass is 322 g/mol. The van der Waals surface area contributed by atoms with Crippen molar-refractivity contribution in [3.8, 4) is 0 Å². The summed E-state index contributed by atoms with van der Waals surface area (Å²) in [5.74, 6) is -0.692. The second-order valence-electron chi connectivity index (χ2n) is 4.71. The van der Waals surface area contributed by atoms with Crippen LogP contribution in [0.3, 0.4) is 0 Å². The Morgan fingerprint density at radius 2 is 1.77 bits per heavy atom. The van der Waals surface area contributed by atoms with Crippen molar-refractivity contribution in [1.82, 2.24) is 0 Å². The van der Waals surface area contributed by atoms with Gasteiger partial charge in [-0.2, -0.15) is 0 Å². The van der Waals surface area contributed by atoms with E-state index in [0.29, 0.717) is 11.4 Å². The lowest BCUT2D eigenvalue weighted by Crippen LogP contribution is -2.21. The van der Waals surface area contributed by atoms with Crippen LogP contribution in [-0.4, -0.2) is 27.1 Å². The van der Waals surface area contributed by atoms with Gasteiger partial charge in [0, 0.05) is 17.6 Å². The number of halogens is 1. The Balaban J connectivity index is 1.96. The summed E-state index contributed by atoms with van der Waals surface area (Å²) in [6.45, 7) is -0.0191. The van der Waals surface area contributed by atoms with E-state index in [-0.39, 0.29) is 23.2 Å². The minimum atomic E-state index is -3.32. The van der Waals surface area contributed by atoms with Crippen LogP contribution in [0.4, 0.5) is 15.8 Å². The van der Waals surface area contributed by atoms with Crippen molar-refractivity contribution in [2.45, 2.75) is 4.90 Å². The molecule has 7 heteroatoms. The molecule has 0 heterocycles. The van der Waals surface area contributed by atoms with Crippen LogP contribution in [0.15, 0.2) is 53.4 Å². The van der Waals surface area contributed by atoms with Crippen LogP contribution >= 0.6 is 0 Å². The maximum absolute atomic E-state index is 12.8. The summed E-state index contributed by atoms with van der Waals surface area (Å²) in [5.41, 5.74) is 1.01. The Bertz CT molecular complexity index is 774. The van der Waals surface area contributed by atoms with Gasteiger partial charge in [0.1, 0.15) is 5.82 Å². The van der Waals surface area contributed by atoms with E-state index < -0.39 is 9.84 Å². The molecule has 0 spiro atoms. The maximum atomic E-state index is 12.8. The summed E-state index contributed by atoms with van der Waals surface area (Å²) >= 11 is 0. The highest BCUT2D eigenvalue weighted by Gasteiger charge is 2.09. The minimum Gasteiger partial charge on any atom is -0.376 e. The normalized spacial score (nSPS) is 11.0. The highest BCUT2D eigenvalue weighted by atomic mass is 32.2. The van der Waals surface area contributed by atoms with Gasteiger partial charge in [0.2, 0.25) is 5.91 Å². The Morgan fingerprint density at radius 3 is 2.41 bits per heavy atom. The fourth-order valence-electron chi connectivity index (χ4n) is 1.76. The average molecular weight is 322 g/mol. The van der Waals surface area contributed by atoms with Crippen LogP contribution in [0, 0.1) is 5.82 Å². The van der Waals surface area contributed by atoms with Gasteiger partial charge in [-0.1, -0.05) is 6.07 Å². The highest BCUT2D eigenvalue weighted by molar-refractivity contribution is 7.90. The molecule has 22 heavy (non-hydrogen) atoms. The molecule has 1 amide bonds. The first-order valence-electron chi connectivity index (χ1n) is 6.44. The number of carbonyl (C=O) groups is 1. The Morgan fingerprint density at radius 1 is 1.09 bits per heavy atom. The zero-order valence-electron chi connectivity index (χ0n) is 11.8. The molecular formula is C15H15FN2O3S. The van der Waals surface area contributed by atoms with Gasteiger partial charge in [-0.3, -0.25) is 4.79 Å². The third kappa shape index (κ3) is 4.56. The fourth-order valence-corrected chi connectivity index (χ4v) is 2.43. The summed E-state index contributed by atoms with van der Waals surface area (Å²) in [4.78, 5) is 12.0. The van der Waals surface area contributed by atoms with Crippen LogP contribution < -0.4 is 10.6 Å². The third-order valence-corrected chi connectivity index (χ3v) is 3.95. The van der Waals surface area contributed by atoms with E-state index in [1.165, 1.54) is 36.4 Å². The van der Waals surface area contributed by atoms with Gasteiger partial charge in [-0.25, -0.2) is 12.8 Å². The topological polar surface area (TPSA) is 75.3 Å². The molecule has 2 rings (SSSR count). The number of benzene rings is 2. The SMILES string of the molecule is CS(=O)(=O)c1cccc(NC(=O)CNc2ccc(F)cc2)c1. The van der Waals surface area contributed by atoms with Crippen LogP contribution in [0.5, 0.6) is 0 Å². The molecule has 0 atom stereocenters. The molecule has 0 aromatic heterocycles. The molecule has 0 saturated carbocycles. The van der Waals surface area contributed by atoms with E-state index in [0.717, 1.165) is 6.26 Å². The van der Waals surface area contributed by atoms with Crippen molar-refractivity contribution in [2.24, 2.45) is 0 Å². The zero-order chi connectivity index (χ0) is 16.2. The highest BCUT2D eigenvalue weighted by Crippen LogP contribution is 2.15. The van der Waals surface area contributed by atoms with Crippen molar-refractivity contribution in [1.29, 1.82) is 0 Å². The van der Waals surface area contributed by atoms with E-state index in [4.69, 9.17) is 0 Å². The Labute approximate surface area is 128 Å². The number of hydrogen-bond acceptors (Lipinski definition) is 4. The third-order valence-electron chi connectivity index (χ3n) is 2.84. The number of nitrogens with one attached hydrogen (secondary N) is 2. The number of rotatable bonds is 5. The first-order valence-corrected chi connectivity index (χ1v) is 8.33. The van der Waals surface area contributed by atoms with Crippen LogP contribution in [-0.2, 0) is 14.6 Å². The van der Waals surface area contributed by atoms with Crippen molar-refractivity contribution in [3.63, 3.8) is 0 Å². The number of hydrogen-bond donors (Lipinski definition) is 2. The first kappa shape index (κ1) is 16.0. The van der Waals surface area contributed by atoms with Crippen LogP contribution in [0.2, 0.25) is 0 Å². The molecule has 0 aliphatic carbocycles. The molecule has 0 fully saturated rings. The lowest BCUT2D eigenvalue weighted by molar-refractivity contribution is -0.114. The molecule has 0 bridgehead atoms. The molecule has 2 N–H and O–H groups in total. The quantitative estimate of drug-likeness (QED) is 0.885. The minimum absolute atomic E-state index is 0.0191. The fraction of sp³-hybridized carbons (Fsp3) is 0.133. The van der Waals surface area contributed by atoms with Crippen LogP contribution in [0.25, 0.3) is 0 Å². The lowest BCUT2D eigenvalue weighted by atomic mass is 10.3. The number of anilines is 2. The number of amides is 1. The summed E-state index contributed by atoms with van der Waals surface area (Å²) in [7, 11) is -3.32. The molecule has 0 aliphatic heterocycles. The number of sulfone groups is 1. The number of carbonyl (C=O) groups excluding carboxylic acids is 1. The van der Waals surface area contributed by atoms with Crippen molar-refractivity contribution in [3.05, 3.63) is 54.3 Å². The molecule has 0 saturated heterocycles. The molecule has 0 radical (unpaired) electrons. The lowest BCUT2D eigenvalue weighted by Gasteiger charge is -2.08. The maximum Gasteiger partial charge on any atom is 0.243 e. The predicted molar refractivity (Wildman–Crippen MR) is 83.1 cm³/mol. The molecule has 0 unspecified atom stereocenters. The second kappa shape index (κ2) is 6.57. The Hall–Kier alpha value is -2.41. The smallest absolute Gasteiger partial charge is 0.243 e. The van der Waals surface area contributed by atoms with Crippen molar-refractivity contribution in [2.75, 3.05) is 23.4 Å². The average Bonchev–Trinajstić information content (AvgIpc) is 2.46. The Kier molecular flexibility index (Phi) is 4.77. The first-order chi connectivity index (χ1) is 10.3. The molecule has 2 aromatic rings. The van der Waals surface area contributed by atoms with E-state index in [2.05, 4.69) is 10.6 Å². The van der Waals surface area contributed by atoms with E-state index in [1.54, 1.807) is 12.1 Å². The molecule has 5 nitrogen and oxygen atoms in total. The largest absolute Gasteiger partial charge is 0.376 e. The van der Waals surface area contributed by atoms with Gasteiger partial charge >= 0.3 is 0 Å². The van der Waals surface area contributed by atoms with E-state index in [1.807, 2.05) is 0 Å². The van der Waals surface area contributed by atoms with Gasteiger partial charge < -0.3 is 10.6 Å². The summed E-state index contributed by atoms with van der Waals surface area (Å²) in [6, 6.07) is 11.6. The molecule has 2 aromatic carbocycles. The summed E-state index contributed by atoms with van der Waals surface area (Å²) in [6.07, 6.45) is 1.10. The van der Waals surface area contributed by atoms with Gasteiger partial charge in [0.25, 0.3) is 0 Å². The van der Waals surface area contributed by atoms with Crippen molar-refractivity contribution < 1.29 is 17.6 Å². The summed E-state index contributed by atoms with van der Waals surface area (Å²) in [5, 5.41) is 5.44. The van der Waals surface area contributed by atoms with Gasteiger partial charge in [-0.15, -0.1) is 0 Å². The molecule has 116 valence electrons. The summed E-state index contributed by atoms with van der Waals surface area (Å²) < 4.78 is 35.7. The molecule has 0 aliphatic rings. The van der Waals surface area contributed by atoms with E-state index >= 15 is 0 Å². The standard InChI is InChI=1S/C15H15FN2O3S/c1-22(20,21)14-4-2-3-13(9-14)18-15(19)10-17-12-7-5-11(16)6-8-12/h2-9,17H,10H2,1H3,(H,18,19). The zero-order valence-corrected chi connectivity index (χ0v) is 12.7. The van der Waals surface area contributed by atoms with Crippen LogP contribution in [0.1, 0.15) is 0 Å². The predicted octanol–water partition coefficient (Wildman–Crippen LogP) is 2.28.